The Morgan fingerprint density at radius 1 is 1.30 bits per heavy atom. The summed E-state index contributed by atoms with van der Waals surface area (Å²) in [5.41, 5.74) is 0.0788. The lowest BCUT2D eigenvalue weighted by molar-refractivity contribution is -0.124. The zero-order valence-corrected chi connectivity index (χ0v) is 16.5. The number of amides is 1. The van der Waals surface area contributed by atoms with E-state index in [2.05, 4.69) is 5.32 Å². The van der Waals surface area contributed by atoms with Crippen LogP contribution in [0.3, 0.4) is 0 Å². The normalized spacial score (nSPS) is 17.1. The Balaban J connectivity index is 1.93. The van der Waals surface area contributed by atoms with Crippen LogP contribution in [0.25, 0.3) is 0 Å². The van der Waals surface area contributed by atoms with Gasteiger partial charge in [-0.2, -0.15) is 4.31 Å². The van der Waals surface area contributed by atoms with E-state index in [1.807, 2.05) is 0 Å². The molecule has 1 aliphatic heterocycles. The van der Waals surface area contributed by atoms with Crippen LogP contribution in [-0.2, 0) is 24.3 Å². The van der Waals surface area contributed by atoms with Gasteiger partial charge in [0.25, 0.3) is 5.91 Å². The number of carbonyl (C=O) groups excluding carboxylic acids is 2. The molecule has 150 valence electrons. The molecule has 1 aromatic carbocycles. The van der Waals surface area contributed by atoms with Gasteiger partial charge < -0.3 is 14.8 Å². The van der Waals surface area contributed by atoms with Crippen molar-refractivity contribution in [1.29, 1.82) is 0 Å². The number of rotatable bonds is 9. The van der Waals surface area contributed by atoms with Gasteiger partial charge in [0, 0.05) is 26.2 Å². The smallest absolute Gasteiger partial charge is 0.338 e. The number of hydrogen-bond donors (Lipinski definition) is 1. The molecule has 1 fully saturated rings. The summed E-state index contributed by atoms with van der Waals surface area (Å²) in [5.74, 6) is -1.18. The van der Waals surface area contributed by atoms with Gasteiger partial charge >= 0.3 is 5.97 Å². The Hall–Kier alpha value is -1.97. The van der Waals surface area contributed by atoms with E-state index in [9.17, 15) is 18.0 Å². The molecular weight excluding hydrogens is 372 g/mol. The molecule has 0 aliphatic carbocycles. The lowest BCUT2D eigenvalue weighted by Gasteiger charge is -2.18. The molecule has 1 amide bonds. The van der Waals surface area contributed by atoms with Crippen LogP contribution in [0.4, 0.5) is 0 Å². The van der Waals surface area contributed by atoms with E-state index in [-0.39, 0.29) is 16.6 Å². The summed E-state index contributed by atoms with van der Waals surface area (Å²) in [5, 5.41) is 2.65. The third-order valence-corrected chi connectivity index (χ3v) is 6.34. The number of ether oxygens (including phenoxy) is 2. The Bertz CT molecular complexity index is 755. The summed E-state index contributed by atoms with van der Waals surface area (Å²) in [4.78, 5) is 24.0. The van der Waals surface area contributed by atoms with Crippen molar-refractivity contribution in [2.45, 2.75) is 37.7 Å². The third-order valence-electron chi connectivity index (χ3n) is 4.30. The summed E-state index contributed by atoms with van der Waals surface area (Å²) >= 11 is 0. The molecule has 0 spiro atoms. The SMILES string of the molecule is CCN(CC)S(=O)(=O)c1cccc(C(=O)OCC(=O)NC[C@@H]2CCCO2)c1. The van der Waals surface area contributed by atoms with E-state index < -0.39 is 28.5 Å². The van der Waals surface area contributed by atoms with Crippen molar-refractivity contribution in [2.24, 2.45) is 0 Å². The molecule has 0 radical (unpaired) electrons. The lowest BCUT2D eigenvalue weighted by atomic mass is 10.2. The van der Waals surface area contributed by atoms with Crippen LogP contribution < -0.4 is 5.32 Å². The van der Waals surface area contributed by atoms with Crippen LogP contribution in [0.15, 0.2) is 29.2 Å². The van der Waals surface area contributed by atoms with Crippen LogP contribution in [-0.4, -0.2) is 63.6 Å². The molecule has 2 rings (SSSR count). The van der Waals surface area contributed by atoms with Crippen LogP contribution in [0.5, 0.6) is 0 Å². The largest absolute Gasteiger partial charge is 0.452 e. The molecule has 0 aromatic heterocycles. The average Bonchev–Trinajstić information content (AvgIpc) is 3.19. The van der Waals surface area contributed by atoms with Gasteiger partial charge in [-0.05, 0) is 31.0 Å². The second-order valence-corrected chi connectivity index (χ2v) is 8.07. The van der Waals surface area contributed by atoms with Crippen molar-refractivity contribution < 1.29 is 27.5 Å². The molecular formula is C18H26N2O6S. The number of hydrogen-bond acceptors (Lipinski definition) is 6. The first kappa shape index (κ1) is 21.3. The molecule has 1 atom stereocenters. The average molecular weight is 398 g/mol. The number of esters is 1. The van der Waals surface area contributed by atoms with Gasteiger partial charge in [0.15, 0.2) is 6.61 Å². The topological polar surface area (TPSA) is 102 Å². The molecule has 27 heavy (non-hydrogen) atoms. The first-order valence-corrected chi connectivity index (χ1v) is 10.5. The first-order valence-electron chi connectivity index (χ1n) is 9.04. The van der Waals surface area contributed by atoms with Crippen LogP contribution >= 0.6 is 0 Å². The minimum atomic E-state index is -3.67. The van der Waals surface area contributed by atoms with Gasteiger partial charge in [-0.15, -0.1) is 0 Å². The zero-order chi connectivity index (χ0) is 19.9. The van der Waals surface area contributed by atoms with Gasteiger partial charge in [0.05, 0.1) is 16.6 Å². The minimum Gasteiger partial charge on any atom is -0.452 e. The maximum atomic E-state index is 12.5. The number of sulfonamides is 1. The van der Waals surface area contributed by atoms with E-state index in [0.29, 0.717) is 26.2 Å². The van der Waals surface area contributed by atoms with Crippen molar-refractivity contribution in [3.05, 3.63) is 29.8 Å². The standard InChI is InChI=1S/C18H26N2O6S/c1-3-20(4-2)27(23,24)16-9-5-7-14(11-16)18(22)26-13-17(21)19-12-15-8-6-10-25-15/h5,7,9,11,15H,3-4,6,8,10,12-13H2,1-2H3,(H,19,21)/t15-/m0/s1. The maximum Gasteiger partial charge on any atom is 0.338 e. The van der Waals surface area contributed by atoms with Crippen LogP contribution in [0, 0.1) is 0 Å². The van der Waals surface area contributed by atoms with Crippen LogP contribution in [0.1, 0.15) is 37.0 Å². The highest BCUT2D eigenvalue weighted by Crippen LogP contribution is 2.17. The van der Waals surface area contributed by atoms with Gasteiger partial charge in [0.1, 0.15) is 0 Å². The second kappa shape index (κ2) is 9.82. The number of benzene rings is 1. The molecule has 1 N–H and O–H groups in total. The molecule has 1 aromatic rings. The maximum absolute atomic E-state index is 12.5. The number of nitrogens with one attached hydrogen (secondary N) is 1. The predicted molar refractivity (Wildman–Crippen MR) is 98.8 cm³/mol. The molecule has 1 heterocycles. The first-order chi connectivity index (χ1) is 12.9. The Kier molecular flexibility index (Phi) is 7.76. The molecule has 0 bridgehead atoms. The number of carbonyl (C=O) groups is 2. The van der Waals surface area contributed by atoms with Crippen LogP contribution in [0.2, 0.25) is 0 Å². The molecule has 0 unspecified atom stereocenters. The van der Waals surface area contributed by atoms with Gasteiger partial charge in [0.2, 0.25) is 10.0 Å². The molecule has 1 saturated heterocycles. The summed E-state index contributed by atoms with van der Waals surface area (Å²) in [6.07, 6.45) is 1.88. The fourth-order valence-electron chi connectivity index (χ4n) is 2.79. The summed E-state index contributed by atoms with van der Waals surface area (Å²) in [7, 11) is -3.67. The minimum absolute atomic E-state index is 0.00613. The van der Waals surface area contributed by atoms with Crippen molar-refractivity contribution in [1.82, 2.24) is 9.62 Å². The van der Waals surface area contributed by atoms with Crippen molar-refractivity contribution in [3.63, 3.8) is 0 Å². The second-order valence-electron chi connectivity index (χ2n) is 6.13. The quantitative estimate of drug-likeness (QED) is 0.627. The van der Waals surface area contributed by atoms with Crippen molar-refractivity contribution in [2.75, 3.05) is 32.8 Å². The Morgan fingerprint density at radius 3 is 2.67 bits per heavy atom. The highest BCUT2D eigenvalue weighted by molar-refractivity contribution is 7.89. The summed E-state index contributed by atoms with van der Waals surface area (Å²) in [6, 6.07) is 5.62. The Labute approximate surface area is 159 Å². The highest BCUT2D eigenvalue weighted by Gasteiger charge is 2.23. The number of nitrogens with zero attached hydrogens (tertiary/aromatic N) is 1. The molecule has 1 aliphatic rings. The fourth-order valence-corrected chi connectivity index (χ4v) is 4.30. The van der Waals surface area contributed by atoms with Gasteiger partial charge in [-0.25, -0.2) is 13.2 Å². The van der Waals surface area contributed by atoms with E-state index in [4.69, 9.17) is 9.47 Å². The van der Waals surface area contributed by atoms with Crippen molar-refractivity contribution >= 4 is 21.9 Å². The Morgan fingerprint density at radius 2 is 2.04 bits per heavy atom. The van der Waals surface area contributed by atoms with E-state index in [0.717, 1.165) is 12.8 Å². The fraction of sp³-hybridized carbons (Fsp3) is 0.556. The summed E-state index contributed by atoms with van der Waals surface area (Å²) < 4.78 is 36.8. The van der Waals surface area contributed by atoms with Crippen molar-refractivity contribution in [3.8, 4) is 0 Å². The molecule has 9 heteroatoms. The molecule has 0 saturated carbocycles. The highest BCUT2D eigenvalue weighted by atomic mass is 32.2. The van der Waals surface area contributed by atoms with E-state index in [1.54, 1.807) is 13.8 Å². The summed E-state index contributed by atoms with van der Waals surface area (Å²) in [6.45, 7) is 4.80. The monoisotopic (exact) mass is 398 g/mol. The van der Waals surface area contributed by atoms with Gasteiger partial charge in [-0.3, -0.25) is 4.79 Å². The third kappa shape index (κ3) is 5.75. The van der Waals surface area contributed by atoms with E-state index >= 15 is 0 Å². The lowest BCUT2D eigenvalue weighted by Crippen LogP contribution is -2.34. The van der Waals surface area contributed by atoms with E-state index in [1.165, 1.54) is 28.6 Å². The predicted octanol–water partition coefficient (Wildman–Crippen LogP) is 1.17. The molecule has 8 nitrogen and oxygen atoms in total. The van der Waals surface area contributed by atoms with Gasteiger partial charge in [-0.1, -0.05) is 19.9 Å². The zero-order valence-electron chi connectivity index (χ0n) is 15.6.